The second-order valence-electron chi connectivity index (χ2n) is 2.96. The summed E-state index contributed by atoms with van der Waals surface area (Å²) in [5.74, 6) is 1.23. The Morgan fingerprint density at radius 3 is 2.67 bits per heavy atom. The molecule has 0 saturated carbocycles. The van der Waals surface area contributed by atoms with Crippen LogP contribution in [0.25, 0.3) is 0 Å². The van der Waals surface area contributed by atoms with Crippen molar-refractivity contribution in [2.24, 2.45) is 0 Å². The Labute approximate surface area is 91.1 Å². The second kappa shape index (κ2) is 4.22. The van der Waals surface area contributed by atoms with Crippen LogP contribution in [-0.4, -0.2) is 25.1 Å². The minimum atomic E-state index is -0.0336. The molecule has 0 aliphatic rings. The topological polar surface area (TPSA) is 79.4 Å². The fourth-order valence-electron chi connectivity index (χ4n) is 1.07. The van der Waals surface area contributed by atoms with E-state index in [1.165, 1.54) is 18.7 Å². The van der Waals surface area contributed by atoms with E-state index in [1.807, 2.05) is 6.92 Å². The Hall–Kier alpha value is -1.69. The van der Waals surface area contributed by atoms with E-state index in [-0.39, 0.29) is 6.04 Å². The third kappa shape index (κ3) is 2.41. The minimum absolute atomic E-state index is 0.0336. The van der Waals surface area contributed by atoms with Crippen molar-refractivity contribution in [1.29, 1.82) is 0 Å². The van der Waals surface area contributed by atoms with Crippen LogP contribution >= 0.6 is 11.6 Å². The molecule has 15 heavy (non-hydrogen) atoms. The Kier molecular flexibility index (Phi) is 2.77. The van der Waals surface area contributed by atoms with Crippen molar-refractivity contribution in [3.05, 3.63) is 29.6 Å². The fourth-order valence-corrected chi connectivity index (χ4v) is 1.17. The number of hydrogen-bond acceptors (Lipinski definition) is 5. The highest BCUT2D eigenvalue weighted by molar-refractivity contribution is 6.30. The molecule has 0 radical (unpaired) electrons. The molecule has 2 rings (SSSR count). The van der Waals surface area contributed by atoms with Gasteiger partial charge in [0.15, 0.2) is 0 Å². The van der Waals surface area contributed by atoms with E-state index in [4.69, 9.17) is 11.6 Å². The predicted octanol–water partition coefficient (Wildman–Crippen LogP) is 1.42. The van der Waals surface area contributed by atoms with Crippen molar-refractivity contribution in [2.75, 3.05) is 5.32 Å². The van der Waals surface area contributed by atoms with Gasteiger partial charge >= 0.3 is 0 Å². The molecule has 0 saturated heterocycles. The van der Waals surface area contributed by atoms with Gasteiger partial charge in [-0.1, -0.05) is 11.6 Å². The average Bonchev–Trinajstić information content (AvgIpc) is 2.74. The molecule has 0 aliphatic carbocycles. The van der Waals surface area contributed by atoms with Gasteiger partial charge in [-0.25, -0.2) is 15.0 Å². The Bertz CT molecular complexity index is 411. The van der Waals surface area contributed by atoms with E-state index in [1.54, 1.807) is 0 Å². The molecule has 0 amide bonds. The van der Waals surface area contributed by atoms with E-state index in [9.17, 15) is 0 Å². The zero-order chi connectivity index (χ0) is 10.7. The molecular weight excluding hydrogens is 216 g/mol. The van der Waals surface area contributed by atoms with Crippen LogP contribution < -0.4 is 5.32 Å². The maximum absolute atomic E-state index is 5.67. The van der Waals surface area contributed by atoms with Crippen molar-refractivity contribution in [3.63, 3.8) is 0 Å². The maximum atomic E-state index is 5.67. The number of aromatic nitrogens is 5. The summed E-state index contributed by atoms with van der Waals surface area (Å²) >= 11 is 5.67. The Morgan fingerprint density at radius 2 is 2.07 bits per heavy atom. The zero-order valence-electron chi connectivity index (χ0n) is 7.98. The molecule has 2 heterocycles. The maximum Gasteiger partial charge on any atom is 0.223 e. The molecule has 2 N–H and O–H groups in total. The van der Waals surface area contributed by atoms with E-state index in [0.717, 1.165) is 5.82 Å². The van der Waals surface area contributed by atoms with Crippen molar-refractivity contribution < 1.29 is 0 Å². The fraction of sp³-hybridized carbons (Fsp3) is 0.250. The average molecular weight is 225 g/mol. The van der Waals surface area contributed by atoms with Crippen LogP contribution in [0.15, 0.2) is 18.7 Å². The van der Waals surface area contributed by atoms with E-state index >= 15 is 0 Å². The first kappa shape index (κ1) is 9.85. The molecule has 1 unspecified atom stereocenters. The molecule has 0 aromatic carbocycles. The second-order valence-corrected chi connectivity index (χ2v) is 3.40. The van der Waals surface area contributed by atoms with Crippen LogP contribution in [0.4, 0.5) is 5.95 Å². The van der Waals surface area contributed by atoms with Gasteiger partial charge < -0.3 is 5.32 Å². The molecule has 0 bridgehead atoms. The lowest BCUT2D eigenvalue weighted by molar-refractivity contribution is 0.783. The molecule has 7 heteroatoms. The lowest BCUT2D eigenvalue weighted by Crippen LogP contribution is -2.10. The normalized spacial score (nSPS) is 12.4. The van der Waals surface area contributed by atoms with Crippen molar-refractivity contribution >= 4 is 17.5 Å². The van der Waals surface area contributed by atoms with Gasteiger partial charge in [0.25, 0.3) is 0 Å². The number of nitrogens with one attached hydrogen (secondary N) is 2. The van der Waals surface area contributed by atoms with E-state index in [0.29, 0.717) is 11.0 Å². The highest BCUT2D eigenvalue weighted by Crippen LogP contribution is 2.12. The molecule has 1 atom stereocenters. The van der Waals surface area contributed by atoms with Gasteiger partial charge in [-0.15, -0.1) is 0 Å². The van der Waals surface area contributed by atoms with Gasteiger partial charge in [0.05, 0.1) is 23.5 Å². The van der Waals surface area contributed by atoms with Crippen LogP contribution in [0.3, 0.4) is 0 Å². The molecular formula is C8H9ClN6. The first-order chi connectivity index (χ1) is 7.25. The number of H-pyrrole nitrogens is 1. The minimum Gasteiger partial charge on any atom is -0.345 e. The number of hydrogen-bond donors (Lipinski definition) is 2. The third-order valence-electron chi connectivity index (χ3n) is 1.81. The third-order valence-corrected chi connectivity index (χ3v) is 2.00. The summed E-state index contributed by atoms with van der Waals surface area (Å²) in [6.45, 7) is 1.93. The van der Waals surface area contributed by atoms with E-state index < -0.39 is 0 Å². The lowest BCUT2D eigenvalue weighted by atomic mass is 10.3. The van der Waals surface area contributed by atoms with Gasteiger partial charge in [0.1, 0.15) is 12.2 Å². The van der Waals surface area contributed by atoms with Crippen molar-refractivity contribution in [1.82, 2.24) is 25.1 Å². The quantitative estimate of drug-likeness (QED) is 0.824. The van der Waals surface area contributed by atoms with Gasteiger partial charge in [-0.2, -0.15) is 5.10 Å². The predicted molar refractivity (Wildman–Crippen MR) is 55.5 cm³/mol. The lowest BCUT2D eigenvalue weighted by Gasteiger charge is -2.09. The van der Waals surface area contributed by atoms with Gasteiger partial charge in [-0.05, 0) is 6.92 Å². The Morgan fingerprint density at radius 1 is 1.33 bits per heavy atom. The monoisotopic (exact) mass is 224 g/mol. The van der Waals surface area contributed by atoms with Gasteiger partial charge in [0, 0.05) is 0 Å². The van der Waals surface area contributed by atoms with E-state index in [2.05, 4.69) is 30.5 Å². The summed E-state index contributed by atoms with van der Waals surface area (Å²) < 4.78 is 0. The summed E-state index contributed by atoms with van der Waals surface area (Å²) in [7, 11) is 0. The number of halogens is 1. The van der Waals surface area contributed by atoms with Crippen LogP contribution in [0, 0.1) is 0 Å². The van der Waals surface area contributed by atoms with Gasteiger partial charge in [-0.3, -0.25) is 5.10 Å². The molecule has 0 aliphatic heterocycles. The summed E-state index contributed by atoms with van der Waals surface area (Å²) in [4.78, 5) is 12.0. The zero-order valence-corrected chi connectivity index (χ0v) is 8.73. The number of nitrogens with zero attached hydrogens (tertiary/aromatic N) is 4. The van der Waals surface area contributed by atoms with Gasteiger partial charge in [0.2, 0.25) is 5.95 Å². The SMILES string of the molecule is CC(Nc1ncc(Cl)cn1)c1ncn[nH]1. The molecule has 6 nitrogen and oxygen atoms in total. The number of aromatic amines is 1. The highest BCUT2D eigenvalue weighted by atomic mass is 35.5. The van der Waals surface area contributed by atoms with Crippen molar-refractivity contribution in [2.45, 2.75) is 13.0 Å². The smallest absolute Gasteiger partial charge is 0.223 e. The molecule has 2 aromatic heterocycles. The molecule has 2 aromatic rings. The summed E-state index contributed by atoms with van der Waals surface area (Å²) in [5.41, 5.74) is 0. The standard InChI is InChI=1S/C8H9ClN6/c1-5(7-12-4-13-15-7)14-8-10-2-6(9)3-11-8/h2-5H,1H3,(H,10,11,14)(H,12,13,15). The molecule has 78 valence electrons. The van der Waals surface area contributed by atoms with Crippen molar-refractivity contribution in [3.8, 4) is 0 Å². The largest absolute Gasteiger partial charge is 0.345 e. The summed E-state index contributed by atoms with van der Waals surface area (Å²) in [6.07, 6.45) is 4.52. The molecule has 0 fully saturated rings. The van der Waals surface area contributed by atoms with Crippen LogP contribution in [0.1, 0.15) is 18.8 Å². The number of anilines is 1. The Balaban J connectivity index is 2.06. The first-order valence-corrected chi connectivity index (χ1v) is 4.73. The number of rotatable bonds is 3. The summed E-state index contributed by atoms with van der Waals surface area (Å²) in [5, 5.41) is 10.1. The summed E-state index contributed by atoms with van der Waals surface area (Å²) in [6, 6.07) is -0.0336. The molecule has 0 spiro atoms. The van der Waals surface area contributed by atoms with Crippen LogP contribution in [0.2, 0.25) is 5.02 Å². The van der Waals surface area contributed by atoms with Crippen LogP contribution in [0.5, 0.6) is 0 Å². The highest BCUT2D eigenvalue weighted by Gasteiger charge is 2.08. The van der Waals surface area contributed by atoms with Crippen LogP contribution in [-0.2, 0) is 0 Å². The first-order valence-electron chi connectivity index (χ1n) is 4.35.